The zero-order chi connectivity index (χ0) is 25.6. The molecule has 0 spiro atoms. The molecule has 11 heteroatoms. The van der Waals surface area contributed by atoms with Crippen LogP contribution in [0.25, 0.3) is 44.7 Å². The fourth-order valence-electron chi connectivity index (χ4n) is 5.30. The summed E-state index contributed by atoms with van der Waals surface area (Å²) >= 11 is 0. The highest BCUT2D eigenvalue weighted by Gasteiger charge is 2.26. The topological polar surface area (TPSA) is 128 Å². The molecule has 0 unspecified atom stereocenters. The van der Waals surface area contributed by atoms with Crippen molar-refractivity contribution < 1.29 is 9.18 Å². The smallest absolute Gasteiger partial charge is 0.227 e. The Bertz CT molecular complexity index is 1670. The third-order valence-corrected chi connectivity index (χ3v) is 7.60. The van der Waals surface area contributed by atoms with Crippen LogP contribution < -0.4 is 10.2 Å². The molecule has 5 aromatic rings. The molecule has 38 heavy (non-hydrogen) atoms. The summed E-state index contributed by atoms with van der Waals surface area (Å²) in [5, 5.41) is 10.4. The van der Waals surface area contributed by atoms with Gasteiger partial charge in [0.1, 0.15) is 16.9 Å². The number of aromatic amines is 2. The second-order valence-corrected chi connectivity index (χ2v) is 10.0. The average molecular weight is 512 g/mol. The third kappa shape index (κ3) is 3.85. The Morgan fingerprint density at radius 1 is 0.974 bits per heavy atom. The molecule has 1 aliphatic carbocycles. The number of rotatable bonds is 5. The summed E-state index contributed by atoms with van der Waals surface area (Å²) < 4.78 is 16.0. The Hall–Kier alpha value is -4.41. The van der Waals surface area contributed by atoms with Gasteiger partial charge in [-0.2, -0.15) is 5.10 Å². The van der Waals surface area contributed by atoms with Gasteiger partial charge >= 0.3 is 0 Å². The lowest BCUT2D eigenvalue weighted by Gasteiger charge is -2.28. The molecule has 0 bridgehead atoms. The lowest BCUT2D eigenvalue weighted by atomic mass is 9.85. The first-order chi connectivity index (χ1) is 18.7. The number of amides is 1. The number of piperidine rings is 1. The van der Waals surface area contributed by atoms with Gasteiger partial charge in [-0.05, 0) is 38.2 Å². The van der Waals surface area contributed by atoms with Crippen LogP contribution >= 0.6 is 0 Å². The van der Waals surface area contributed by atoms with Crippen LogP contribution in [-0.2, 0) is 4.79 Å². The van der Waals surface area contributed by atoms with E-state index in [0.29, 0.717) is 28.3 Å². The second-order valence-electron chi connectivity index (χ2n) is 10.0. The van der Waals surface area contributed by atoms with Gasteiger partial charge in [-0.25, -0.2) is 9.37 Å². The maximum atomic E-state index is 16.0. The number of carbonyl (C=O) groups is 1. The first-order valence-corrected chi connectivity index (χ1v) is 13.0. The van der Waals surface area contributed by atoms with E-state index in [4.69, 9.17) is 4.98 Å². The number of anilines is 2. The van der Waals surface area contributed by atoms with E-state index in [9.17, 15) is 4.79 Å². The summed E-state index contributed by atoms with van der Waals surface area (Å²) in [4.78, 5) is 35.8. The second kappa shape index (κ2) is 9.16. The molecule has 1 aliphatic heterocycles. The SMILES string of the molecule is O=C(Nc1cncc(-c2ncc3[nH]nc(-c4nc5c(N6CCCCC6)cncc5[nH]4)c3c2F)c1)C1CCC1. The van der Waals surface area contributed by atoms with Gasteiger partial charge in [-0.1, -0.05) is 6.42 Å². The average Bonchev–Trinajstić information content (AvgIpc) is 3.53. The van der Waals surface area contributed by atoms with Crippen molar-refractivity contribution in [2.45, 2.75) is 38.5 Å². The summed E-state index contributed by atoms with van der Waals surface area (Å²) in [6, 6.07) is 1.69. The molecule has 3 N–H and O–H groups in total. The van der Waals surface area contributed by atoms with Gasteiger partial charge in [0.2, 0.25) is 5.91 Å². The zero-order valence-electron chi connectivity index (χ0n) is 20.7. The van der Waals surface area contributed by atoms with E-state index in [2.05, 4.69) is 40.3 Å². The van der Waals surface area contributed by atoms with Gasteiger partial charge in [0.25, 0.3) is 0 Å². The number of hydrogen-bond donors (Lipinski definition) is 3. The van der Waals surface area contributed by atoms with Crippen LogP contribution in [0.1, 0.15) is 38.5 Å². The molecule has 1 saturated carbocycles. The van der Waals surface area contributed by atoms with Gasteiger partial charge in [0.05, 0.1) is 52.6 Å². The van der Waals surface area contributed by atoms with Crippen molar-refractivity contribution in [3.05, 3.63) is 42.9 Å². The molecule has 6 heterocycles. The first-order valence-electron chi connectivity index (χ1n) is 13.0. The van der Waals surface area contributed by atoms with Gasteiger partial charge in [-0.15, -0.1) is 0 Å². The molecule has 192 valence electrons. The number of aromatic nitrogens is 7. The number of fused-ring (bicyclic) bond motifs is 2. The summed E-state index contributed by atoms with van der Waals surface area (Å²) in [5.41, 5.74) is 4.46. The summed E-state index contributed by atoms with van der Waals surface area (Å²) in [5.74, 6) is -0.0779. The molecular formula is C27H26FN9O. The Morgan fingerprint density at radius 3 is 2.63 bits per heavy atom. The quantitative estimate of drug-likeness (QED) is 0.308. The molecule has 0 aromatic carbocycles. The molecule has 1 saturated heterocycles. The van der Waals surface area contributed by atoms with Crippen LogP contribution in [0.3, 0.4) is 0 Å². The molecule has 7 rings (SSSR count). The molecule has 2 aliphatic rings. The fraction of sp³-hybridized carbons (Fsp3) is 0.333. The number of halogens is 1. The molecule has 1 amide bonds. The van der Waals surface area contributed by atoms with E-state index < -0.39 is 5.82 Å². The monoisotopic (exact) mass is 511 g/mol. The maximum absolute atomic E-state index is 16.0. The van der Waals surface area contributed by atoms with Gasteiger partial charge in [-0.3, -0.25) is 24.8 Å². The van der Waals surface area contributed by atoms with Crippen LogP contribution in [0, 0.1) is 11.7 Å². The van der Waals surface area contributed by atoms with Crippen LogP contribution in [0.5, 0.6) is 0 Å². The number of carbonyl (C=O) groups excluding carboxylic acids is 1. The summed E-state index contributed by atoms with van der Waals surface area (Å²) in [6.45, 7) is 1.93. The van der Waals surface area contributed by atoms with E-state index in [0.717, 1.165) is 61.9 Å². The number of hydrogen-bond acceptors (Lipinski definition) is 7. The van der Waals surface area contributed by atoms with Gasteiger partial charge in [0, 0.05) is 30.8 Å². The Morgan fingerprint density at radius 2 is 1.82 bits per heavy atom. The van der Waals surface area contributed by atoms with E-state index in [-0.39, 0.29) is 22.9 Å². The number of imidazole rings is 1. The normalized spacial score (nSPS) is 16.2. The Balaban J connectivity index is 1.27. The fourth-order valence-corrected chi connectivity index (χ4v) is 5.30. The lowest BCUT2D eigenvalue weighted by molar-refractivity contribution is -0.122. The first kappa shape index (κ1) is 22.8. The van der Waals surface area contributed by atoms with Gasteiger partial charge in [0.15, 0.2) is 11.6 Å². The zero-order valence-corrected chi connectivity index (χ0v) is 20.7. The maximum Gasteiger partial charge on any atom is 0.227 e. The number of H-pyrrole nitrogens is 2. The van der Waals surface area contributed by atoms with Crippen LogP contribution in [0.15, 0.2) is 37.1 Å². The minimum Gasteiger partial charge on any atom is -0.368 e. The van der Waals surface area contributed by atoms with Gasteiger partial charge < -0.3 is 15.2 Å². The summed E-state index contributed by atoms with van der Waals surface area (Å²) in [7, 11) is 0. The molecule has 10 nitrogen and oxygen atoms in total. The number of nitrogens with one attached hydrogen (secondary N) is 3. The molecule has 2 fully saturated rings. The molecule has 0 atom stereocenters. The predicted octanol–water partition coefficient (Wildman–Crippen LogP) is 4.83. The van der Waals surface area contributed by atoms with Crippen molar-refractivity contribution >= 4 is 39.2 Å². The van der Waals surface area contributed by atoms with E-state index in [1.54, 1.807) is 24.7 Å². The highest BCUT2D eigenvalue weighted by molar-refractivity contribution is 5.97. The van der Waals surface area contributed by atoms with Crippen molar-refractivity contribution in [3.63, 3.8) is 0 Å². The predicted molar refractivity (Wildman–Crippen MR) is 142 cm³/mol. The summed E-state index contributed by atoms with van der Waals surface area (Å²) in [6.07, 6.45) is 14.6. The van der Waals surface area contributed by atoms with E-state index in [1.165, 1.54) is 12.6 Å². The highest BCUT2D eigenvalue weighted by atomic mass is 19.1. The van der Waals surface area contributed by atoms with E-state index in [1.807, 2.05) is 6.20 Å². The third-order valence-electron chi connectivity index (χ3n) is 7.60. The minimum atomic E-state index is -0.537. The van der Waals surface area contributed by atoms with Crippen LogP contribution in [-0.4, -0.2) is 54.1 Å². The van der Waals surface area contributed by atoms with Crippen LogP contribution in [0.4, 0.5) is 15.8 Å². The molecular weight excluding hydrogens is 485 g/mol. The van der Waals surface area contributed by atoms with Crippen molar-refractivity contribution in [2.75, 3.05) is 23.3 Å². The van der Waals surface area contributed by atoms with Crippen molar-refractivity contribution in [1.29, 1.82) is 0 Å². The molecule has 5 aromatic heterocycles. The van der Waals surface area contributed by atoms with Crippen molar-refractivity contribution in [3.8, 4) is 22.8 Å². The Kier molecular flexibility index (Phi) is 5.49. The van der Waals surface area contributed by atoms with Crippen molar-refractivity contribution in [2.24, 2.45) is 5.92 Å². The molecule has 0 radical (unpaired) electrons. The standard InChI is InChI=1S/C27H26FN9O/c28-22-21-18(13-31-23(22)16-9-17(11-29-10-16)32-27(38)15-5-4-6-15)35-36-25(21)26-33-19-12-30-14-20(24(19)34-26)37-7-2-1-3-8-37/h9-15H,1-8H2,(H,32,38)(H,33,34)(H,35,36). The number of nitrogens with zero attached hydrogens (tertiary/aromatic N) is 6. The lowest BCUT2D eigenvalue weighted by Crippen LogP contribution is -2.29. The largest absolute Gasteiger partial charge is 0.368 e. The van der Waals surface area contributed by atoms with Crippen molar-refractivity contribution in [1.82, 2.24) is 35.1 Å². The minimum absolute atomic E-state index is 0.0282. The number of pyridine rings is 3. The van der Waals surface area contributed by atoms with E-state index >= 15 is 4.39 Å². The highest BCUT2D eigenvalue weighted by Crippen LogP contribution is 2.35. The van der Waals surface area contributed by atoms with Crippen LogP contribution in [0.2, 0.25) is 0 Å². The Labute approximate surface area is 217 Å².